The lowest BCUT2D eigenvalue weighted by atomic mass is 11.4. The minimum absolute atomic E-state index is 0.774. The van der Waals surface area contributed by atoms with Gasteiger partial charge in [0, 0.05) is 0 Å². The smallest absolute Gasteiger partial charge is 0.283 e. The van der Waals surface area contributed by atoms with Gasteiger partial charge in [0.25, 0.3) is 11.3 Å². The molecule has 0 aliphatic carbocycles. The molecule has 1 atom stereocenters. The van der Waals surface area contributed by atoms with Crippen molar-refractivity contribution in [2.45, 2.75) is 0 Å². The Kier molecular flexibility index (Phi) is 2.60. The Morgan fingerprint density at radius 2 is 2.50 bits per heavy atom. The van der Waals surface area contributed by atoms with Gasteiger partial charge in [0.05, 0.1) is 6.34 Å². The summed E-state index contributed by atoms with van der Waals surface area (Å²) in [6, 6.07) is 0. The molecule has 0 aromatic heterocycles. The second-order valence-corrected chi connectivity index (χ2v) is 1.16. The molecule has 0 amide bonds. The molecule has 0 aliphatic heterocycles. The van der Waals surface area contributed by atoms with E-state index in [9.17, 15) is 4.21 Å². The van der Waals surface area contributed by atoms with Gasteiger partial charge in [0.15, 0.2) is 0 Å². The van der Waals surface area contributed by atoms with Crippen LogP contribution in [0.15, 0.2) is 4.40 Å². The van der Waals surface area contributed by atoms with E-state index < -0.39 is 11.3 Å². The van der Waals surface area contributed by atoms with Crippen LogP contribution in [0.1, 0.15) is 0 Å². The Balaban J connectivity index is 3.30. The summed E-state index contributed by atoms with van der Waals surface area (Å²) in [5.74, 6) is 0. The molecule has 4 nitrogen and oxygen atoms in total. The van der Waals surface area contributed by atoms with E-state index in [1.165, 1.54) is 0 Å². The summed E-state index contributed by atoms with van der Waals surface area (Å²) in [5.41, 5.74) is 4.58. The molecular formula is CH4N2O2S. The van der Waals surface area contributed by atoms with Gasteiger partial charge < -0.3 is 5.73 Å². The van der Waals surface area contributed by atoms with Gasteiger partial charge >= 0.3 is 0 Å². The summed E-state index contributed by atoms with van der Waals surface area (Å²) in [7, 11) is 0. The predicted molar refractivity (Wildman–Crippen MR) is 23.5 cm³/mol. The van der Waals surface area contributed by atoms with Crippen molar-refractivity contribution in [2.24, 2.45) is 10.1 Å². The fourth-order valence-corrected chi connectivity index (χ4v) is 0.156. The van der Waals surface area contributed by atoms with E-state index in [4.69, 9.17) is 4.55 Å². The molecule has 0 saturated heterocycles. The van der Waals surface area contributed by atoms with Crippen LogP contribution in [0.2, 0.25) is 0 Å². The normalized spacial score (nSPS) is 15.5. The van der Waals surface area contributed by atoms with E-state index in [1.54, 1.807) is 0 Å². The zero-order chi connectivity index (χ0) is 4.99. The van der Waals surface area contributed by atoms with Gasteiger partial charge in [-0.3, -0.25) is 4.55 Å². The first-order chi connectivity index (χ1) is 2.77. The van der Waals surface area contributed by atoms with Crippen molar-refractivity contribution in [3.63, 3.8) is 0 Å². The fraction of sp³-hybridized carbons (Fsp3) is 0. The van der Waals surface area contributed by atoms with Crippen molar-refractivity contribution in [2.75, 3.05) is 0 Å². The predicted octanol–water partition coefficient (Wildman–Crippen LogP) is -0.890. The minimum Gasteiger partial charge on any atom is -0.389 e. The topological polar surface area (TPSA) is 75.7 Å². The summed E-state index contributed by atoms with van der Waals surface area (Å²) >= 11 is -2.12. The van der Waals surface area contributed by atoms with Gasteiger partial charge in [0.2, 0.25) is 0 Å². The van der Waals surface area contributed by atoms with Gasteiger partial charge in [-0.05, 0) is 0 Å². The molecule has 1 unspecified atom stereocenters. The quantitative estimate of drug-likeness (QED) is 0.260. The maximum Gasteiger partial charge on any atom is 0.283 e. The summed E-state index contributed by atoms with van der Waals surface area (Å²) in [6.07, 6.45) is 0.774. The molecule has 3 N–H and O–H groups in total. The molecule has 0 heterocycles. The fourth-order valence-electron chi connectivity index (χ4n) is 0.0521. The average Bonchev–Trinajstić information content (AvgIpc) is 1.35. The molecule has 36 valence electrons. The summed E-state index contributed by atoms with van der Waals surface area (Å²) in [5, 5.41) is 0. The van der Waals surface area contributed by atoms with Crippen molar-refractivity contribution in [1.29, 1.82) is 0 Å². The molecule has 0 saturated carbocycles. The van der Waals surface area contributed by atoms with Crippen LogP contribution in [0.4, 0.5) is 0 Å². The van der Waals surface area contributed by atoms with E-state index in [2.05, 4.69) is 10.1 Å². The van der Waals surface area contributed by atoms with Gasteiger partial charge in [0.1, 0.15) is 0 Å². The summed E-state index contributed by atoms with van der Waals surface area (Å²) in [4.78, 5) is 0. The molecule has 0 aliphatic rings. The van der Waals surface area contributed by atoms with Crippen LogP contribution < -0.4 is 5.73 Å². The highest BCUT2D eigenvalue weighted by atomic mass is 32.2. The molecule has 5 heteroatoms. The van der Waals surface area contributed by atoms with E-state index in [0.29, 0.717) is 0 Å². The zero-order valence-electron chi connectivity index (χ0n) is 2.87. The highest BCUT2D eigenvalue weighted by Gasteiger charge is 1.73. The lowest BCUT2D eigenvalue weighted by Gasteiger charge is -1.70. The molecule has 0 aromatic rings. The molecule has 6 heavy (non-hydrogen) atoms. The van der Waals surface area contributed by atoms with Crippen LogP contribution in [0.3, 0.4) is 0 Å². The average molecular weight is 108 g/mol. The summed E-state index contributed by atoms with van der Waals surface area (Å²) < 4.78 is 20.0. The molecule has 0 fully saturated rings. The Morgan fingerprint density at radius 1 is 2.00 bits per heavy atom. The summed E-state index contributed by atoms with van der Waals surface area (Å²) in [6.45, 7) is 0. The Bertz CT molecular complexity index is 79.6. The van der Waals surface area contributed by atoms with E-state index >= 15 is 0 Å². The van der Waals surface area contributed by atoms with Crippen molar-refractivity contribution in [3.8, 4) is 0 Å². The van der Waals surface area contributed by atoms with Gasteiger partial charge in [-0.2, -0.15) is 4.40 Å². The molecule has 0 bridgehead atoms. The monoisotopic (exact) mass is 108 g/mol. The minimum atomic E-state index is -2.12. The van der Waals surface area contributed by atoms with Gasteiger partial charge in [-0.15, -0.1) is 0 Å². The number of nitrogens with zero attached hydrogens (tertiary/aromatic N) is 1. The number of rotatable bonds is 1. The number of hydrogen-bond acceptors (Lipinski definition) is 1. The van der Waals surface area contributed by atoms with Crippen LogP contribution in [-0.4, -0.2) is 15.1 Å². The van der Waals surface area contributed by atoms with Gasteiger partial charge in [-0.1, -0.05) is 0 Å². The van der Waals surface area contributed by atoms with Crippen molar-refractivity contribution in [3.05, 3.63) is 0 Å². The number of hydrogen-bond donors (Lipinski definition) is 2. The largest absolute Gasteiger partial charge is 0.389 e. The van der Waals surface area contributed by atoms with E-state index in [0.717, 1.165) is 6.34 Å². The third-order valence-electron chi connectivity index (χ3n) is 0.151. The SMILES string of the molecule is N/C=N/S(=O)O. The first-order valence-electron chi connectivity index (χ1n) is 1.12. The maximum absolute atomic E-state index is 9.43. The number of nitrogens with two attached hydrogens (primary N) is 1. The van der Waals surface area contributed by atoms with Crippen molar-refractivity contribution in [1.82, 2.24) is 0 Å². The second kappa shape index (κ2) is 2.80. The van der Waals surface area contributed by atoms with Crippen LogP contribution in [0, 0.1) is 0 Å². The van der Waals surface area contributed by atoms with Crippen LogP contribution >= 0.6 is 0 Å². The van der Waals surface area contributed by atoms with Crippen LogP contribution in [0.5, 0.6) is 0 Å². The third kappa shape index (κ3) is 3.58. The standard InChI is InChI=1S/CH4N2O2S/c2-1-3-6(4)5/h1H,(H2,2,3)(H,4,5). The van der Waals surface area contributed by atoms with E-state index in [-0.39, 0.29) is 0 Å². The van der Waals surface area contributed by atoms with Gasteiger partial charge in [-0.25, -0.2) is 4.21 Å². The van der Waals surface area contributed by atoms with Crippen LogP contribution in [0.25, 0.3) is 0 Å². The Labute approximate surface area is 37.5 Å². The molecule has 0 aromatic carbocycles. The molecule has 0 radical (unpaired) electrons. The second-order valence-electron chi connectivity index (χ2n) is 0.485. The molecule has 0 rings (SSSR count). The molecular weight excluding hydrogens is 104 g/mol. The first-order valence-corrected chi connectivity index (χ1v) is 2.19. The zero-order valence-corrected chi connectivity index (χ0v) is 3.68. The first kappa shape index (κ1) is 5.58. The lowest BCUT2D eigenvalue weighted by molar-refractivity contribution is 0.566. The Morgan fingerprint density at radius 3 is 2.50 bits per heavy atom. The molecule has 0 spiro atoms. The highest BCUT2D eigenvalue weighted by molar-refractivity contribution is 7.77. The Hall–Kier alpha value is -0.420. The lowest BCUT2D eigenvalue weighted by Crippen LogP contribution is -1.90. The highest BCUT2D eigenvalue weighted by Crippen LogP contribution is 1.65. The van der Waals surface area contributed by atoms with Crippen molar-refractivity contribution < 1.29 is 8.76 Å². The third-order valence-corrected chi connectivity index (χ3v) is 0.453. The van der Waals surface area contributed by atoms with Crippen molar-refractivity contribution >= 4 is 17.6 Å². The van der Waals surface area contributed by atoms with E-state index in [1.807, 2.05) is 0 Å². The maximum atomic E-state index is 9.43. The van der Waals surface area contributed by atoms with Crippen LogP contribution in [-0.2, 0) is 11.3 Å².